The van der Waals surface area contributed by atoms with E-state index < -0.39 is 16.0 Å². The van der Waals surface area contributed by atoms with E-state index in [2.05, 4.69) is 5.32 Å². The van der Waals surface area contributed by atoms with Crippen LogP contribution in [0.25, 0.3) is 0 Å². The number of hydrogen-bond acceptors (Lipinski definition) is 6. The maximum absolute atomic E-state index is 13.0. The Labute approximate surface area is 179 Å². The fraction of sp³-hybridized carbons (Fsp3) is 0.333. The topological polar surface area (TPSA) is 122 Å². The molecule has 0 saturated carbocycles. The number of anilines is 1. The quantitative estimate of drug-likeness (QED) is 0.722. The van der Waals surface area contributed by atoms with Crippen LogP contribution in [-0.4, -0.2) is 56.0 Å². The van der Waals surface area contributed by atoms with Crippen LogP contribution in [0.15, 0.2) is 47.4 Å². The molecule has 2 heterocycles. The lowest BCUT2D eigenvalue weighted by atomic mass is 9.97. The third kappa shape index (κ3) is 4.49. The summed E-state index contributed by atoms with van der Waals surface area (Å²) in [5, 5.41) is 11.7. The van der Waals surface area contributed by atoms with Gasteiger partial charge in [-0.1, -0.05) is 0 Å². The molecule has 2 N–H and O–H groups in total. The summed E-state index contributed by atoms with van der Waals surface area (Å²) in [4.78, 5) is 23.6. The van der Waals surface area contributed by atoms with Crippen LogP contribution in [0.3, 0.4) is 0 Å². The number of carboxylic acids is 1. The maximum Gasteiger partial charge on any atom is 0.335 e. The average molecular weight is 446 g/mol. The minimum Gasteiger partial charge on any atom is -0.486 e. The Hall–Kier alpha value is -3.11. The van der Waals surface area contributed by atoms with Crippen molar-refractivity contribution in [3.05, 3.63) is 48.0 Å². The second kappa shape index (κ2) is 8.56. The molecule has 1 fully saturated rings. The first-order chi connectivity index (χ1) is 14.8. The van der Waals surface area contributed by atoms with E-state index >= 15 is 0 Å². The lowest BCUT2D eigenvalue weighted by molar-refractivity contribution is -0.120. The molecule has 1 amide bonds. The molecular weight excluding hydrogens is 424 g/mol. The summed E-state index contributed by atoms with van der Waals surface area (Å²) in [6, 6.07) is 10.5. The highest BCUT2D eigenvalue weighted by atomic mass is 32.2. The summed E-state index contributed by atoms with van der Waals surface area (Å²) in [5.74, 6) is -0.637. The molecule has 31 heavy (non-hydrogen) atoms. The van der Waals surface area contributed by atoms with Gasteiger partial charge < -0.3 is 19.9 Å². The van der Waals surface area contributed by atoms with Crippen molar-refractivity contribution in [3.8, 4) is 11.5 Å². The number of sulfonamides is 1. The standard InChI is InChI=1S/C21H22N2O7S/c24-20(22-16-3-1-15(2-4-16)21(25)26)14-7-9-23(10-8-14)31(27,28)17-5-6-18-19(13-17)30-12-11-29-18/h1-6,13-14H,7-12H2,(H,22,24)(H,25,26). The van der Waals surface area contributed by atoms with E-state index in [9.17, 15) is 18.0 Å². The van der Waals surface area contributed by atoms with E-state index in [4.69, 9.17) is 14.6 Å². The molecule has 9 nitrogen and oxygen atoms in total. The molecule has 164 valence electrons. The Morgan fingerprint density at radius 2 is 1.61 bits per heavy atom. The van der Waals surface area contributed by atoms with Crippen molar-refractivity contribution < 1.29 is 32.6 Å². The smallest absolute Gasteiger partial charge is 0.335 e. The molecule has 0 spiro atoms. The number of carbonyl (C=O) groups excluding carboxylic acids is 1. The van der Waals surface area contributed by atoms with Gasteiger partial charge in [0.1, 0.15) is 13.2 Å². The van der Waals surface area contributed by atoms with Gasteiger partial charge in [0.15, 0.2) is 11.5 Å². The number of rotatable bonds is 5. The number of amides is 1. The molecule has 2 aliphatic rings. The third-order valence-electron chi connectivity index (χ3n) is 5.38. The molecule has 0 radical (unpaired) electrons. The molecule has 0 aromatic heterocycles. The molecule has 2 aliphatic heterocycles. The van der Waals surface area contributed by atoms with Crippen LogP contribution in [0.2, 0.25) is 0 Å². The van der Waals surface area contributed by atoms with Crippen molar-refractivity contribution in [2.75, 3.05) is 31.6 Å². The molecular formula is C21H22N2O7S. The SMILES string of the molecule is O=C(O)c1ccc(NC(=O)C2CCN(S(=O)(=O)c3ccc4c(c3)OCCO4)CC2)cc1. The van der Waals surface area contributed by atoms with E-state index in [1.165, 1.54) is 40.7 Å². The minimum atomic E-state index is -3.71. The number of ether oxygens (including phenoxy) is 2. The fourth-order valence-electron chi connectivity index (χ4n) is 3.63. The molecule has 4 rings (SSSR count). The summed E-state index contributed by atoms with van der Waals surface area (Å²) in [7, 11) is -3.71. The van der Waals surface area contributed by atoms with Crippen LogP contribution in [0, 0.1) is 5.92 Å². The largest absolute Gasteiger partial charge is 0.486 e. The molecule has 1 saturated heterocycles. The number of hydrogen-bond donors (Lipinski definition) is 2. The van der Waals surface area contributed by atoms with E-state index in [0.29, 0.717) is 43.2 Å². The average Bonchev–Trinajstić information content (AvgIpc) is 2.79. The Balaban J connectivity index is 1.37. The van der Waals surface area contributed by atoms with Crippen LogP contribution < -0.4 is 14.8 Å². The van der Waals surface area contributed by atoms with Crippen LogP contribution in [0.1, 0.15) is 23.2 Å². The van der Waals surface area contributed by atoms with Gasteiger partial charge in [0.2, 0.25) is 15.9 Å². The van der Waals surface area contributed by atoms with Crippen molar-refractivity contribution in [3.63, 3.8) is 0 Å². The summed E-state index contributed by atoms with van der Waals surface area (Å²) < 4.78 is 38.3. The van der Waals surface area contributed by atoms with Crippen molar-refractivity contribution in [1.29, 1.82) is 0 Å². The van der Waals surface area contributed by atoms with Crippen LogP contribution in [0.5, 0.6) is 11.5 Å². The molecule has 0 aliphatic carbocycles. The zero-order valence-corrected chi connectivity index (χ0v) is 17.4. The van der Waals surface area contributed by atoms with Gasteiger partial charge in [0.25, 0.3) is 0 Å². The highest BCUT2D eigenvalue weighted by molar-refractivity contribution is 7.89. The van der Waals surface area contributed by atoms with Gasteiger partial charge in [-0.3, -0.25) is 4.79 Å². The number of benzene rings is 2. The summed E-state index contributed by atoms with van der Waals surface area (Å²) in [5.41, 5.74) is 0.636. The lowest BCUT2D eigenvalue weighted by Crippen LogP contribution is -2.41. The van der Waals surface area contributed by atoms with E-state index in [-0.39, 0.29) is 35.4 Å². The summed E-state index contributed by atoms with van der Waals surface area (Å²) >= 11 is 0. The zero-order chi connectivity index (χ0) is 22.0. The predicted molar refractivity (Wildman–Crippen MR) is 111 cm³/mol. The third-order valence-corrected chi connectivity index (χ3v) is 7.27. The first-order valence-corrected chi connectivity index (χ1v) is 11.3. The first kappa shape index (κ1) is 21.1. The highest BCUT2D eigenvalue weighted by Gasteiger charge is 2.33. The van der Waals surface area contributed by atoms with Gasteiger partial charge in [-0.25, -0.2) is 13.2 Å². The first-order valence-electron chi connectivity index (χ1n) is 9.88. The highest BCUT2D eigenvalue weighted by Crippen LogP contribution is 2.34. The molecule has 0 atom stereocenters. The van der Waals surface area contributed by atoms with Crippen LogP contribution in [0.4, 0.5) is 5.69 Å². The van der Waals surface area contributed by atoms with Gasteiger partial charge >= 0.3 is 5.97 Å². The second-order valence-electron chi connectivity index (χ2n) is 7.36. The number of nitrogens with zero attached hydrogens (tertiary/aromatic N) is 1. The molecule has 2 aromatic rings. The van der Waals surface area contributed by atoms with Crippen LogP contribution in [-0.2, 0) is 14.8 Å². The number of piperidine rings is 1. The van der Waals surface area contributed by atoms with Gasteiger partial charge in [-0.2, -0.15) is 4.31 Å². The molecule has 10 heteroatoms. The van der Waals surface area contributed by atoms with Crippen molar-refractivity contribution in [2.45, 2.75) is 17.7 Å². The van der Waals surface area contributed by atoms with Gasteiger partial charge in [0, 0.05) is 30.8 Å². The maximum atomic E-state index is 13.0. The number of fused-ring (bicyclic) bond motifs is 1. The molecule has 0 bridgehead atoms. The Bertz CT molecular complexity index is 1090. The van der Waals surface area contributed by atoms with E-state index in [0.717, 1.165) is 0 Å². The summed E-state index contributed by atoms with van der Waals surface area (Å²) in [6.07, 6.45) is 0.783. The Kier molecular flexibility index (Phi) is 5.84. The number of carbonyl (C=O) groups is 2. The zero-order valence-electron chi connectivity index (χ0n) is 16.6. The summed E-state index contributed by atoms with van der Waals surface area (Å²) in [6.45, 7) is 1.26. The van der Waals surface area contributed by atoms with E-state index in [1.54, 1.807) is 6.07 Å². The number of carboxylic acid groups (broad SMARTS) is 1. The van der Waals surface area contributed by atoms with Crippen molar-refractivity contribution in [1.82, 2.24) is 4.31 Å². The molecule has 2 aromatic carbocycles. The second-order valence-corrected chi connectivity index (χ2v) is 9.29. The van der Waals surface area contributed by atoms with Gasteiger partial charge in [-0.15, -0.1) is 0 Å². The number of aromatic carboxylic acids is 1. The van der Waals surface area contributed by atoms with Crippen molar-refractivity contribution >= 4 is 27.6 Å². The Morgan fingerprint density at radius 1 is 0.968 bits per heavy atom. The predicted octanol–water partition coefficient (Wildman–Crippen LogP) is 2.20. The lowest BCUT2D eigenvalue weighted by Gasteiger charge is -2.30. The minimum absolute atomic E-state index is 0.135. The number of nitrogens with one attached hydrogen (secondary N) is 1. The van der Waals surface area contributed by atoms with Crippen molar-refractivity contribution in [2.24, 2.45) is 5.92 Å². The monoisotopic (exact) mass is 446 g/mol. The normalized spacial score (nSPS) is 17.2. The van der Waals surface area contributed by atoms with Crippen LogP contribution >= 0.6 is 0 Å². The Morgan fingerprint density at radius 3 is 2.26 bits per heavy atom. The fourth-order valence-corrected chi connectivity index (χ4v) is 5.12. The van der Waals surface area contributed by atoms with Gasteiger partial charge in [0.05, 0.1) is 10.5 Å². The van der Waals surface area contributed by atoms with Gasteiger partial charge in [-0.05, 0) is 49.2 Å². The van der Waals surface area contributed by atoms with E-state index in [1.807, 2.05) is 0 Å². The molecule has 0 unspecified atom stereocenters.